The average molecular weight is 378 g/mol. The molecule has 148 valence electrons. The van der Waals surface area contributed by atoms with Gasteiger partial charge in [0.2, 0.25) is 23.6 Å². The number of nitrogens with two attached hydrogens (primary N) is 1. The Kier molecular flexibility index (Phi) is 5.82. The molecular weight excluding hydrogens is 352 g/mol. The number of nitrogens with one attached hydrogen (secondary N) is 3. The number of carbonyl (C=O) groups excluding carboxylic acids is 4. The monoisotopic (exact) mass is 378 g/mol. The van der Waals surface area contributed by atoms with Gasteiger partial charge in [0.25, 0.3) is 0 Å². The number of carbonyl (C=O) groups is 4. The summed E-state index contributed by atoms with van der Waals surface area (Å²) in [6.45, 7) is 1.65. The molecule has 0 aromatic carbocycles. The van der Waals surface area contributed by atoms with E-state index in [0.717, 1.165) is 0 Å². The minimum atomic E-state index is -0.774. The molecule has 0 spiro atoms. The fourth-order valence-electron chi connectivity index (χ4n) is 3.70. The minimum absolute atomic E-state index is 0.167. The Balaban J connectivity index is 1.67. The van der Waals surface area contributed by atoms with Crippen LogP contribution in [0, 0.1) is 0 Å². The van der Waals surface area contributed by atoms with Gasteiger partial charge in [-0.1, -0.05) is 0 Å². The van der Waals surface area contributed by atoms with Crippen LogP contribution in [0.3, 0.4) is 0 Å². The van der Waals surface area contributed by atoms with Gasteiger partial charge in [0.1, 0.15) is 18.1 Å². The lowest BCUT2D eigenvalue weighted by molar-refractivity contribution is -0.141. The Bertz CT molecular complexity index is 651. The van der Waals surface area contributed by atoms with Crippen LogP contribution in [-0.4, -0.2) is 71.3 Å². The van der Waals surface area contributed by atoms with E-state index in [0.29, 0.717) is 51.9 Å². The Hall–Kier alpha value is -2.78. The molecule has 2 fully saturated rings. The van der Waals surface area contributed by atoms with Crippen molar-refractivity contribution in [2.24, 2.45) is 5.73 Å². The van der Waals surface area contributed by atoms with Crippen LogP contribution in [-0.2, 0) is 19.2 Å². The van der Waals surface area contributed by atoms with Gasteiger partial charge in [-0.25, -0.2) is 0 Å². The van der Waals surface area contributed by atoms with Gasteiger partial charge in [0, 0.05) is 31.9 Å². The van der Waals surface area contributed by atoms with Crippen LogP contribution >= 0.6 is 0 Å². The van der Waals surface area contributed by atoms with E-state index in [1.54, 1.807) is 0 Å². The highest BCUT2D eigenvalue weighted by atomic mass is 16.2. The predicted molar refractivity (Wildman–Crippen MR) is 95.5 cm³/mol. The molecule has 0 aromatic heterocycles. The third-order valence-corrected chi connectivity index (χ3v) is 5.19. The van der Waals surface area contributed by atoms with Gasteiger partial charge in [-0.05, 0) is 25.7 Å². The fraction of sp³-hybridized carbons (Fsp3) is 0.647. The van der Waals surface area contributed by atoms with Gasteiger partial charge in [-0.2, -0.15) is 0 Å². The van der Waals surface area contributed by atoms with Crippen molar-refractivity contribution in [1.29, 1.82) is 0 Å². The molecule has 0 aromatic rings. The molecule has 3 aliphatic heterocycles. The molecule has 0 aliphatic carbocycles. The molecule has 10 heteroatoms. The topological polar surface area (TPSA) is 137 Å². The summed E-state index contributed by atoms with van der Waals surface area (Å²) < 4.78 is 0. The zero-order chi connectivity index (χ0) is 19.4. The molecule has 0 bridgehead atoms. The highest BCUT2D eigenvalue weighted by Gasteiger charge is 2.38. The first-order chi connectivity index (χ1) is 13.0. The van der Waals surface area contributed by atoms with Crippen molar-refractivity contribution in [3.05, 3.63) is 12.4 Å². The van der Waals surface area contributed by atoms with Gasteiger partial charge < -0.3 is 31.5 Å². The summed E-state index contributed by atoms with van der Waals surface area (Å²) in [6.07, 6.45) is 6.04. The molecule has 4 amide bonds. The van der Waals surface area contributed by atoms with Crippen LogP contribution in [0.4, 0.5) is 0 Å². The molecule has 3 rings (SSSR count). The van der Waals surface area contributed by atoms with Crippen molar-refractivity contribution < 1.29 is 19.2 Å². The summed E-state index contributed by atoms with van der Waals surface area (Å²) in [5, 5.41) is 8.43. The molecule has 2 saturated heterocycles. The zero-order valence-corrected chi connectivity index (χ0v) is 15.1. The lowest BCUT2D eigenvalue weighted by Crippen LogP contribution is -2.55. The molecule has 3 unspecified atom stereocenters. The van der Waals surface area contributed by atoms with E-state index in [1.807, 2.05) is 17.3 Å². The second-order valence-corrected chi connectivity index (χ2v) is 7.09. The largest absolute Gasteiger partial charge is 0.373 e. The number of rotatable bonds is 7. The van der Waals surface area contributed by atoms with Crippen LogP contribution < -0.4 is 21.7 Å². The molecule has 0 saturated carbocycles. The molecule has 27 heavy (non-hydrogen) atoms. The number of likely N-dealkylation sites (tertiary alicyclic amines) is 1. The third kappa shape index (κ3) is 4.50. The second kappa shape index (κ2) is 8.28. The van der Waals surface area contributed by atoms with E-state index in [1.165, 1.54) is 4.90 Å². The van der Waals surface area contributed by atoms with Crippen LogP contribution in [0.1, 0.15) is 32.1 Å². The third-order valence-electron chi connectivity index (χ3n) is 5.19. The van der Waals surface area contributed by atoms with Crippen molar-refractivity contribution >= 4 is 23.6 Å². The van der Waals surface area contributed by atoms with E-state index in [4.69, 9.17) is 5.73 Å². The predicted octanol–water partition coefficient (Wildman–Crippen LogP) is -2.05. The Morgan fingerprint density at radius 2 is 2.15 bits per heavy atom. The minimum Gasteiger partial charge on any atom is -0.373 e. The van der Waals surface area contributed by atoms with Crippen molar-refractivity contribution in [1.82, 2.24) is 25.8 Å². The first-order valence-electron chi connectivity index (χ1n) is 9.29. The van der Waals surface area contributed by atoms with Crippen molar-refractivity contribution in [3.8, 4) is 0 Å². The highest BCUT2D eigenvalue weighted by Crippen LogP contribution is 2.19. The second-order valence-electron chi connectivity index (χ2n) is 7.09. The first kappa shape index (κ1) is 19.0. The van der Waals surface area contributed by atoms with Crippen molar-refractivity contribution in [2.75, 3.05) is 19.8 Å². The molecule has 10 nitrogen and oxygen atoms in total. The van der Waals surface area contributed by atoms with Crippen molar-refractivity contribution in [3.63, 3.8) is 0 Å². The number of primary amides is 1. The lowest BCUT2D eigenvalue weighted by Gasteiger charge is -2.29. The maximum Gasteiger partial charge on any atom is 0.245 e. The maximum absolute atomic E-state index is 13.0. The van der Waals surface area contributed by atoms with Gasteiger partial charge >= 0.3 is 0 Å². The Morgan fingerprint density at radius 1 is 1.33 bits per heavy atom. The van der Waals surface area contributed by atoms with Crippen molar-refractivity contribution in [2.45, 2.75) is 50.2 Å². The molecule has 0 radical (unpaired) electrons. The summed E-state index contributed by atoms with van der Waals surface area (Å²) in [5.74, 6) is -1.37. The summed E-state index contributed by atoms with van der Waals surface area (Å²) >= 11 is 0. The quantitative estimate of drug-likeness (QED) is 0.402. The van der Waals surface area contributed by atoms with Gasteiger partial charge in [-0.15, -0.1) is 0 Å². The SMILES string of the molecule is NC(=O)C1CCCN1C(=O)C(CCN1C=CNC1)NC(=O)C1CCC(=O)N1. The molecule has 3 aliphatic rings. The van der Waals surface area contributed by atoms with E-state index >= 15 is 0 Å². The molecule has 5 N–H and O–H groups in total. The van der Waals surface area contributed by atoms with E-state index in [9.17, 15) is 19.2 Å². The summed E-state index contributed by atoms with van der Waals surface area (Å²) in [5.41, 5.74) is 5.42. The number of nitrogens with zero attached hydrogens (tertiary/aromatic N) is 2. The Labute approximate surface area is 157 Å². The fourth-order valence-corrected chi connectivity index (χ4v) is 3.70. The van der Waals surface area contributed by atoms with E-state index in [-0.39, 0.29) is 17.7 Å². The number of hydrogen-bond donors (Lipinski definition) is 4. The molecule has 3 atom stereocenters. The molecule has 3 heterocycles. The van der Waals surface area contributed by atoms with Crippen LogP contribution in [0.2, 0.25) is 0 Å². The van der Waals surface area contributed by atoms with E-state index in [2.05, 4.69) is 16.0 Å². The maximum atomic E-state index is 13.0. The number of hydrogen-bond acceptors (Lipinski definition) is 6. The Morgan fingerprint density at radius 3 is 2.78 bits per heavy atom. The van der Waals surface area contributed by atoms with Crippen LogP contribution in [0.15, 0.2) is 12.4 Å². The highest BCUT2D eigenvalue weighted by molar-refractivity contribution is 5.95. The summed E-state index contributed by atoms with van der Waals surface area (Å²) in [4.78, 5) is 52.0. The zero-order valence-electron chi connectivity index (χ0n) is 15.1. The van der Waals surface area contributed by atoms with Gasteiger partial charge in [-0.3, -0.25) is 19.2 Å². The van der Waals surface area contributed by atoms with Crippen LogP contribution in [0.5, 0.6) is 0 Å². The lowest BCUT2D eigenvalue weighted by atomic mass is 10.1. The van der Waals surface area contributed by atoms with Gasteiger partial charge in [0.15, 0.2) is 0 Å². The smallest absolute Gasteiger partial charge is 0.245 e. The number of amides is 4. The summed E-state index contributed by atoms with van der Waals surface area (Å²) in [7, 11) is 0. The summed E-state index contributed by atoms with van der Waals surface area (Å²) in [6, 6.07) is -2.02. The first-order valence-corrected chi connectivity index (χ1v) is 9.29. The standard InChI is InChI=1S/C17H26N6O4/c18-15(25)13-2-1-7-23(13)17(27)12(5-8-22-9-6-19-10-22)21-16(26)11-3-4-14(24)20-11/h6,9,11-13,19H,1-5,7-8,10H2,(H2,18,25)(H,20,24)(H,21,26). The van der Waals surface area contributed by atoms with Crippen LogP contribution in [0.25, 0.3) is 0 Å². The average Bonchev–Trinajstić information content (AvgIpc) is 3.38. The molecular formula is C17H26N6O4. The van der Waals surface area contributed by atoms with E-state index < -0.39 is 24.0 Å². The van der Waals surface area contributed by atoms with Gasteiger partial charge in [0.05, 0.1) is 6.67 Å². The normalized spacial score (nSPS) is 25.3.